The Morgan fingerprint density at radius 3 is 2.59 bits per heavy atom. The number of nitrogens with zero attached hydrogens (tertiary/aromatic N) is 3. The van der Waals surface area contributed by atoms with Crippen molar-refractivity contribution in [1.82, 2.24) is 15.1 Å². The number of carbonyl (C=O) groups is 2. The van der Waals surface area contributed by atoms with Crippen LogP contribution in [0.25, 0.3) is 16.6 Å². The number of amides is 1. The molecule has 1 N–H and O–H groups in total. The quantitative estimate of drug-likeness (QED) is 0.234. The molecule has 1 fully saturated rings. The van der Waals surface area contributed by atoms with Gasteiger partial charge in [0.15, 0.2) is 0 Å². The highest BCUT2D eigenvalue weighted by Gasteiger charge is 2.30. The standard InChI is InChI=1S/C28H35BN4O3S/c1-6-18(2)36-26(34)8-7-15-32(37(4)5)25-17-24-23(16-22(25)19-9-10-19)27(28(35)30-3)33(31-24)21-13-11-20(29)12-14-21/h11-14,16-19H,4,6-10,15H2,1-3,5H3,(H,30,35). The van der Waals surface area contributed by atoms with Crippen molar-refractivity contribution in [3.8, 4) is 5.69 Å². The van der Waals surface area contributed by atoms with Gasteiger partial charge in [-0.05, 0) is 74.6 Å². The van der Waals surface area contributed by atoms with Gasteiger partial charge in [0.2, 0.25) is 0 Å². The molecule has 2 atom stereocenters. The number of ether oxygens (including phenoxy) is 1. The number of benzene rings is 2. The zero-order chi connectivity index (χ0) is 26.7. The first kappa shape index (κ1) is 27.0. The normalized spacial score (nSPS) is 14.8. The summed E-state index contributed by atoms with van der Waals surface area (Å²) in [5.41, 5.74) is 4.94. The number of esters is 1. The predicted molar refractivity (Wildman–Crippen MR) is 155 cm³/mol. The van der Waals surface area contributed by atoms with E-state index in [1.807, 2.05) is 26.0 Å². The van der Waals surface area contributed by atoms with E-state index < -0.39 is 0 Å². The molecule has 4 rings (SSSR count). The maximum absolute atomic E-state index is 13.0. The fourth-order valence-corrected chi connectivity index (χ4v) is 5.33. The molecule has 194 valence electrons. The first-order valence-electron chi connectivity index (χ1n) is 12.8. The molecule has 1 heterocycles. The molecule has 37 heavy (non-hydrogen) atoms. The van der Waals surface area contributed by atoms with E-state index in [-0.39, 0.29) is 28.7 Å². The third-order valence-electron chi connectivity index (χ3n) is 6.71. The number of nitrogens with one attached hydrogen (secondary N) is 1. The molecule has 0 saturated heterocycles. The van der Waals surface area contributed by atoms with Crippen LogP contribution in [0.1, 0.15) is 67.9 Å². The average molecular weight is 518 g/mol. The second-order valence-electron chi connectivity index (χ2n) is 9.65. The van der Waals surface area contributed by atoms with Crippen molar-refractivity contribution in [3.05, 3.63) is 47.7 Å². The molecule has 1 aromatic heterocycles. The van der Waals surface area contributed by atoms with Crippen molar-refractivity contribution in [2.45, 2.75) is 58.0 Å². The molecular weight excluding hydrogens is 483 g/mol. The fraction of sp³-hybridized carbons (Fsp3) is 0.429. The molecule has 2 aromatic carbocycles. The fourth-order valence-electron chi connectivity index (χ4n) is 4.39. The Balaban J connectivity index is 1.73. The van der Waals surface area contributed by atoms with Crippen molar-refractivity contribution in [3.63, 3.8) is 0 Å². The number of fused-ring (bicyclic) bond motifs is 1. The first-order valence-corrected chi connectivity index (χ1v) is 14.6. The van der Waals surface area contributed by atoms with Gasteiger partial charge in [-0.3, -0.25) is 9.59 Å². The third kappa shape index (κ3) is 6.09. The minimum atomic E-state index is -0.317. The molecule has 1 amide bonds. The van der Waals surface area contributed by atoms with Crippen molar-refractivity contribution >= 4 is 58.3 Å². The van der Waals surface area contributed by atoms with Gasteiger partial charge in [-0.25, -0.2) is 4.68 Å². The molecule has 0 spiro atoms. The van der Waals surface area contributed by atoms with Crippen LogP contribution in [0.2, 0.25) is 0 Å². The summed E-state index contributed by atoms with van der Waals surface area (Å²) in [7, 11) is 7.20. The minimum absolute atomic E-state index is 0.0631. The summed E-state index contributed by atoms with van der Waals surface area (Å²) in [6.45, 7) is 4.60. The Hall–Kier alpha value is -3.07. The van der Waals surface area contributed by atoms with E-state index in [2.05, 4.69) is 33.9 Å². The lowest BCUT2D eigenvalue weighted by atomic mass is 9.96. The second kappa shape index (κ2) is 11.5. The molecule has 2 radical (unpaired) electrons. The van der Waals surface area contributed by atoms with Gasteiger partial charge < -0.3 is 14.4 Å². The number of rotatable bonds is 11. The molecule has 0 aliphatic heterocycles. The van der Waals surface area contributed by atoms with Gasteiger partial charge in [0.1, 0.15) is 13.5 Å². The molecule has 9 heteroatoms. The van der Waals surface area contributed by atoms with E-state index in [1.165, 1.54) is 5.56 Å². The first-order chi connectivity index (χ1) is 17.7. The number of hydrogen-bond acceptors (Lipinski definition) is 5. The summed E-state index contributed by atoms with van der Waals surface area (Å²) in [5, 5.41) is 8.44. The Kier molecular flexibility index (Phi) is 8.42. The molecule has 3 aromatic rings. The lowest BCUT2D eigenvalue weighted by Crippen LogP contribution is -2.22. The van der Waals surface area contributed by atoms with Crippen LogP contribution in [0, 0.1) is 0 Å². The van der Waals surface area contributed by atoms with E-state index in [0.717, 1.165) is 41.5 Å². The van der Waals surface area contributed by atoms with Crippen molar-refractivity contribution in [2.24, 2.45) is 0 Å². The van der Waals surface area contributed by atoms with E-state index in [4.69, 9.17) is 17.7 Å². The maximum Gasteiger partial charge on any atom is 0.306 e. The Morgan fingerprint density at radius 2 is 2.00 bits per heavy atom. The van der Waals surface area contributed by atoms with E-state index in [1.54, 1.807) is 23.9 Å². The number of hydrogen-bond donors (Lipinski definition) is 1. The highest BCUT2D eigenvalue weighted by molar-refractivity contribution is 8.14. The smallest absolute Gasteiger partial charge is 0.306 e. The van der Waals surface area contributed by atoms with Crippen LogP contribution in [0.15, 0.2) is 36.4 Å². The summed E-state index contributed by atoms with van der Waals surface area (Å²) in [6, 6.07) is 11.5. The Bertz CT molecular complexity index is 1320. The molecule has 1 aliphatic carbocycles. The number of aromatic nitrogens is 2. The van der Waals surface area contributed by atoms with E-state index >= 15 is 0 Å². The lowest BCUT2D eigenvalue weighted by molar-refractivity contribution is -0.148. The Morgan fingerprint density at radius 1 is 1.30 bits per heavy atom. The molecule has 1 saturated carbocycles. The molecule has 1 aliphatic rings. The van der Waals surface area contributed by atoms with Crippen LogP contribution >= 0.6 is 10.7 Å². The summed E-state index contributed by atoms with van der Waals surface area (Å²) in [6.07, 6.45) is 6.10. The van der Waals surface area contributed by atoms with Crippen LogP contribution in [0.5, 0.6) is 0 Å². The van der Waals surface area contributed by atoms with E-state index in [9.17, 15) is 9.59 Å². The van der Waals surface area contributed by atoms with Crippen LogP contribution in [0.4, 0.5) is 5.69 Å². The topological polar surface area (TPSA) is 76.5 Å². The monoisotopic (exact) mass is 518 g/mol. The zero-order valence-electron chi connectivity index (χ0n) is 22.1. The summed E-state index contributed by atoms with van der Waals surface area (Å²) in [5.74, 6) is 4.42. The summed E-state index contributed by atoms with van der Waals surface area (Å²) < 4.78 is 9.40. The van der Waals surface area contributed by atoms with Crippen LogP contribution in [-0.2, 0) is 9.53 Å². The average Bonchev–Trinajstić information content (AvgIpc) is 3.66. The van der Waals surface area contributed by atoms with Gasteiger partial charge in [0.25, 0.3) is 5.91 Å². The van der Waals surface area contributed by atoms with Crippen molar-refractivity contribution in [2.75, 3.05) is 24.2 Å². The highest BCUT2D eigenvalue weighted by Crippen LogP contribution is 2.47. The maximum atomic E-state index is 13.0. The summed E-state index contributed by atoms with van der Waals surface area (Å²) in [4.78, 5) is 25.3. The molecule has 2 unspecified atom stereocenters. The molecule has 7 nitrogen and oxygen atoms in total. The van der Waals surface area contributed by atoms with Gasteiger partial charge in [-0.2, -0.15) is 5.10 Å². The Labute approximate surface area is 223 Å². The van der Waals surface area contributed by atoms with Gasteiger partial charge in [0.05, 0.1) is 23.0 Å². The van der Waals surface area contributed by atoms with Gasteiger partial charge >= 0.3 is 5.97 Å². The van der Waals surface area contributed by atoms with Crippen molar-refractivity contribution < 1.29 is 14.3 Å². The van der Waals surface area contributed by atoms with Gasteiger partial charge in [0, 0.05) is 25.4 Å². The minimum Gasteiger partial charge on any atom is -0.463 e. The zero-order valence-corrected chi connectivity index (χ0v) is 22.9. The largest absolute Gasteiger partial charge is 0.463 e. The van der Waals surface area contributed by atoms with E-state index in [0.29, 0.717) is 36.5 Å². The molecule has 0 bridgehead atoms. The van der Waals surface area contributed by atoms with Gasteiger partial charge in [-0.15, -0.1) is 10.7 Å². The summed E-state index contributed by atoms with van der Waals surface area (Å²) >= 11 is 0. The van der Waals surface area contributed by atoms with Gasteiger partial charge in [-0.1, -0.05) is 30.4 Å². The highest BCUT2D eigenvalue weighted by atomic mass is 32.2. The second-order valence-corrected chi connectivity index (χ2v) is 11.3. The SMILES string of the molecule is [B]c1ccc(-n2nc3cc(N(CCCC(=O)OC(C)CC)S(=C)C)c(C4CC4)cc3c2C(=O)NC)cc1. The van der Waals surface area contributed by atoms with Crippen LogP contribution < -0.4 is 15.1 Å². The molecular formula is C28H35BN4O3S. The van der Waals surface area contributed by atoms with Crippen LogP contribution in [-0.4, -0.2) is 61.3 Å². The van der Waals surface area contributed by atoms with Crippen molar-refractivity contribution in [1.29, 1.82) is 0 Å². The predicted octanol–water partition coefficient (Wildman–Crippen LogP) is 4.23. The lowest BCUT2D eigenvalue weighted by Gasteiger charge is -2.28. The third-order valence-corrected chi connectivity index (χ3v) is 7.84. The number of carbonyl (C=O) groups excluding carboxylic acids is 2. The van der Waals surface area contributed by atoms with Crippen LogP contribution in [0.3, 0.4) is 0 Å². The number of anilines is 1.